The van der Waals surface area contributed by atoms with Crippen LogP contribution in [0.2, 0.25) is 0 Å². The van der Waals surface area contributed by atoms with Crippen LogP contribution in [-0.2, 0) is 13.0 Å². The Hall–Kier alpha value is -2.31. The molecule has 2 aromatic rings. The van der Waals surface area contributed by atoms with Gasteiger partial charge < -0.3 is 9.84 Å². The van der Waals surface area contributed by atoms with Crippen molar-refractivity contribution < 1.29 is 9.84 Å². The Kier molecular flexibility index (Phi) is 4.17. The monoisotopic (exact) mass is 253 g/mol. The fourth-order valence-electron chi connectivity index (χ4n) is 1.87. The number of rotatable bonds is 4. The number of para-hydroxylation sites is 1. The molecule has 0 spiro atoms. The van der Waals surface area contributed by atoms with Crippen molar-refractivity contribution in [2.24, 2.45) is 0 Å². The highest BCUT2D eigenvalue weighted by atomic mass is 16.5. The van der Waals surface area contributed by atoms with E-state index in [9.17, 15) is 0 Å². The maximum atomic E-state index is 9.13. The Morgan fingerprint density at radius 2 is 1.95 bits per heavy atom. The summed E-state index contributed by atoms with van der Waals surface area (Å²) in [6.07, 6.45) is 0.868. The third-order valence-electron chi connectivity index (χ3n) is 2.92. The molecule has 96 valence electrons. The van der Waals surface area contributed by atoms with Gasteiger partial charge >= 0.3 is 0 Å². The summed E-state index contributed by atoms with van der Waals surface area (Å²) < 4.78 is 5.82. The number of aliphatic hydroxyl groups is 1. The molecule has 3 nitrogen and oxygen atoms in total. The Bertz CT molecular complexity index is 614. The lowest BCUT2D eigenvalue weighted by Crippen LogP contribution is -1.94. The van der Waals surface area contributed by atoms with Crippen molar-refractivity contribution >= 4 is 0 Å². The van der Waals surface area contributed by atoms with E-state index >= 15 is 0 Å². The standard InChI is InChI=1S/C16H15NO2/c1-2-13-5-3-4-6-15(13)19-16-8-7-12(11-18)9-14(16)10-17/h3-9,18H,2,11H2,1H3. The van der Waals surface area contributed by atoms with Crippen LogP contribution in [0.4, 0.5) is 0 Å². The molecule has 2 aromatic carbocycles. The highest BCUT2D eigenvalue weighted by Crippen LogP contribution is 2.28. The van der Waals surface area contributed by atoms with E-state index in [0.29, 0.717) is 16.9 Å². The molecule has 0 radical (unpaired) electrons. The van der Waals surface area contributed by atoms with Crippen LogP contribution in [-0.4, -0.2) is 5.11 Å². The van der Waals surface area contributed by atoms with E-state index in [4.69, 9.17) is 15.1 Å². The second-order valence-corrected chi connectivity index (χ2v) is 4.16. The Morgan fingerprint density at radius 3 is 2.63 bits per heavy atom. The molecule has 0 atom stereocenters. The van der Waals surface area contributed by atoms with Crippen molar-refractivity contribution in [2.75, 3.05) is 0 Å². The largest absolute Gasteiger partial charge is 0.456 e. The van der Waals surface area contributed by atoms with E-state index in [2.05, 4.69) is 13.0 Å². The predicted molar refractivity (Wildman–Crippen MR) is 73.0 cm³/mol. The average molecular weight is 253 g/mol. The molecule has 0 bridgehead atoms. The highest BCUT2D eigenvalue weighted by Gasteiger charge is 2.08. The second kappa shape index (κ2) is 6.03. The van der Waals surface area contributed by atoms with Gasteiger partial charge in [0, 0.05) is 0 Å². The smallest absolute Gasteiger partial charge is 0.145 e. The van der Waals surface area contributed by atoms with Gasteiger partial charge in [-0.15, -0.1) is 0 Å². The zero-order chi connectivity index (χ0) is 13.7. The average Bonchev–Trinajstić information content (AvgIpc) is 2.48. The summed E-state index contributed by atoms with van der Waals surface area (Å²) in [6, 6.07) is 15.0. The molecule has 0 amide bonds. The molecule has 0 aliphatic heterocycles. The van der Waals surface area contributed by atoms with Crippen molar-refractivity contribution in [3.05, 3.63) is 59.2 Å². The molecule has 2 rings (SSSR count). The molecule has 3 heteroatoms. The summed E-state index contributed by atoms with van der Waals surface area (Å²) in [5, 5.41) is 18.2. The summed E-state index contributed by atoms with van der Waals surface area (Å²) in [5.41, 5.74) is 2.22. The summed E-state index contributed by atoms with van der Waals surface area (Å²) in [6.45, 7) is 1.97. The molecule has 1 N–H and O–H groups in total. The highest BCUT2D eigenvalue weighted by molar-refractivity contribution is 5.48. The summed E-state index contributed by atoms with van der Waals surface area (Å²) >= 11 is 0. The molecule has 0 aliphatic carbocycles. The molecule has 0 aromatic heterocycles. The van der Waals surface area contributed by atoms with Gasteiger partial charge in [-0.3, -0.25) is 0 Å². The molecular weight excluding hydrogens is 238 g/mol. The summed E-state index contributed by atoms with van der Waals surface area (Å²) in [4.78, 5) is 0. The Labute approximate surface area is 112 Å². The van der Waals surface area contributed by atoms with Crippen LogP contribution < -0.4 is 4.74 Å². The van der Waals surface area contributed by atoms with Crippen LogP contribution in [0.3, 0.4) is 0 Å². The van der Waals surface area contributed by atoms with Gasteiger partial charge in [0.1, 0.15) is 17.6 Å². The number of hydrogen-bond acceptors (Lipinski definition) is 3. The first kappa shape index (κ1) is 13.1. The van der Waals surface area contributed by atoms with Gasteiger partial charge in [-0.25, -0.2) is 0 Å². The van der Waals surface area contributed by atoms with Gasteiger partial charge in [-0.1, -0.05) is 31.2 Å². The molecule has 0 saturated carbocycles. The van der Waals surface area contributed by atoms with Crippen LogP contribution in [0.25, 0.3) is 0 Å². The lowest BCUT2D eigenvalue weighted by atomic mass is 10.1. The van der Waals surface area contributed by atoms with Crippen LogP contribution >= 0.6 is 0 Å². The first-order valence-corrected chi connectivity index (χ1v) is 6.18. The van der Waals surface area contributed by atoms with Gasteiger partial charge in [0.05, 0.1) is 12.2 Å². The lowest BCUT2D eigenvalue weighted by Gasteiger charge is -2.11. The van der Waals surface area contributed by atoms with Gasteiger partial charge in [0.15, 0.2) is 0 Å². The number of ether oxygens (including phenoxy) is 1. The zero-order valence-electron chi connectivity index (χ0n) is 10.8. The van der Waals surface area contributed by atoms with Crippen molar-refractivity contribution in [1.82, 2.24) is 0 Å². The van der Waals surface area contributed by atoms with E-state index in [1.807, 2.05) is 24.3 Å². The number of nitriles is 1. The number of nitrogens with zero attached hydrogens (tertiary/aromatic N) is 1. The zero-order valence-corrected chi connectivity index (χ0v) is 10.8. The van der Waals surface area contributed by atoms with Gasteiger partial charge in [0.2, 0.25) is 0 Å². The Morgan fingerprint density at radius 1 is 1.16 bits per heavy atom. The molecule has 0 aliphatic rings. The molecular formula is C16H15NO2. The normalized spacial score (nSPS) is 9.95. The maximum Gasteiger partial charge on any atom is 0.145 e. The second-order valence-electron chi connectivity index (χ2n) is 4.16. The minimum absolute atomic E-state index is 0.0828. The molecule has 0 fully saturated rings. The fourth-order valence-corrected chi connectivity index (χ4v) is 1.87. The number of aliphatic hydroxyl groups excluding tert-OH is 1. The van der Waals surface area contributed by atoms with Gasteiger partial charge in [-0.2, -0.15) is 5.26 Å². The van der Waals surface area contributed by atoms with E-state index in [1.165, 1.54) is 0 Å². The van der Waals surface area contributed by atoms with Crippen molar-refractivity contribution in [2.45, 2.75) is 20.0 Å². The van der Waals surface area contributed by atoms with Crippen LogP contribution in [0, 0.1) is 11.3 Å². The SMILES string of the molecule is CCc1ccccc1Oc1ccc(CO)cc1C#N. The van der Waals surface area contributed by atoms with E-state index in [0.717, 1.165) is 17.7 Å². The first-order valence-electron chi connectivity index (χ1n) is 6.18. The summed E-state index contributed by atoms with van der Waals surface area (Å²) in [5.74, 6) is 1.28. The third kappa shape index (κ3) is 2.93. The molecule has 0 unspecified atom stereocenters. The fraction of sp³-hybridized carbons (Fsp3) is 0.188. The van der Waals surface area contributed by atoms with Crippen LogP contribution in [0.1, 0.15) is 23.6 Å². The van der Waals surface area contributed by atoms with E-state index < -0.39 is 0 Å². The minimum atomic E-state index is -0.0828. The van der Waals surface area contributed by atoms with Gasteiger partial charge in [0.25, 0.3) is 0 Å². The molecule has 0 saturated heterocycles. The molecule has 19 heavy (non-hydrogen) atoms. The van der Waals surface area contributed by atoms with Crippen LogP contribution in [0.5, 0.6) is 11.5 Å². The van der Waals surface area contributed by atoms with Crippen molar-refractivity contribution in [3.8, 4) is 17.6 Å². The van der Waals surface area contributed by atoms with E-state index in [-0.39, 0.29) is 6.61 Å². The molecule has 0 heterocycles. The van der Waals surface area contributed by atoms with Crippen molar-refractivity contribution in [1.29, 1.82) is 5.26 Å². The Balaban J connectivity index is 2.36. The number of benzene rings is 2. The third-order valence-corrected chi connectivity index (χ3v) is 2.92. The minimum Gasteiger partial charge on any atom is -0.456 e. The quantitative estimate of drug-likeness (QED) is 0.908. The van der Waals surface area contributed by atoms with E-state index in [1.54, 1.807) is 18.2 Å². The number of aryl methyl sites for hydroxylation is 1. The van der Waals surface area contributed by atoms with Crippen LogP contribution in [0.15, 0.2) is 42.5 Å². The lowest BCUT2D eigenvalue weighted by molar-refractivity contribution is 0.281. The maximum absolute atomic E-state index is 9.13. The van der Waals surface area contributed by atoms with Crippen molar-refractivity contribution in [3.63, 3.8) is 0 Å². The first-order chi connectivity index (χ1) is 9.28. The predicted octanol–water partition coefficient (Wildman–Crippen LogP) is 3.41. The topological polar surface area (TPSA) is 53.2 Å². The number of hydrogen-bond donors (Lipinski definition) is 1. The summed E-state index contributed by atoms with van der Waals surface area (Å²) in [7, 11) is 0. The van der Waals surface area contributed by atoms with Gasteiger partial charge in [-0.05, 0) is 35.7 Å².